The van der Waals surface area contributed by atoms with Gasteiger partial charge < -0.3 is 19.1 Å². The van der Waals surface area contributed by atoms with Crippen LogP contribution in [0.1, 0.15) is 82.9 Å². The second-order valence-electron chi connectivity index (χ2n) is 11.7. The van der Waals surface area contributed by atoms with Crippen LogP contribution in [0.25, 0.3) is 11.0 Å². The van der Waals surface area contributed by atoms with Crippen molar-refractivity contribution in [3.8, 4) is 5.88 Å². The van der Waals surface area contributed by atoms with Gasteiger partial charge in [-0.25, -0.2) is 14.8 Å². The summed E-state index contributed by atoms with van der Waals surface area (Å²) in [6.45, 7) is 7.91. The summed E-state index contributed by atoms with van der Waals surface area (Å²) in [7, 11) is 1.40. The number of nitrogens with zero attached hydrogens (tertiary/aromatic N) is 5. The van der Waals surface area contributed by atoms with Gasteiger partial charge in [0.2, 0.25) is 5.88 Å². The van der Waals surface area contributed by atoms with Crippen LogP contribution in [-0.4, -0.2) is 55.4 Å². The molecule has 0 saturated heterocycles. The number of aryl methyl sites for hydroxylation is 1. The number of rotatable bonds is 5. The summed E-state index contributed by atoms with van der Waals surface area (Å²) in [6.07, 6.45) is 7.90. The monoisotopic (exact) mass is 535 g/mol. The number of imidazole rings is 1. The van der Waals surface area contributed by atoms with Crippen molar-refractivity contribution in [3.05, 3.63) is 41.6 Å². The molecule has 1 aliphatic carbocycles. The third-order valence-corrected chi connectivity index (χ3v) is 7.67. The van der Waals surface area contributed by atoms with Gasteiger partial charge in [0.05, 0.1) is 48.1 Å². The molecule has 2 aromatic heterocycles. The summed E-state index contributed by atoms with van der Waals surface area (Å²) in [5, 5.41) is 9.78. The minimum atomic E-state index is -0.747. The molecule has 3 heterocycles. The molecule has 2 aliphatic rings. The Labute approximate surface area is 228 Å². The molecule has 39 heavy (non-hydrogen) atoms. The molecule has 0 bridgehead atoms. The fraction of sp³-hybridized carbons (Fsp3) is 0.552. The van der Waals surface area contributed by atoms with E-state index in [4.69, 9.17) is 19.4 Å². The van der Waals surface area contributed by atoms with Gasteiger partial charge in [-0.05, 0) is 71.9 Å². The van der Waals surface area contributed by atoms with E-state index in [0.717, 1.165) is 59.5 Å². The number of anilines is 1. The van der Waals surface area contributed by atoms with Crippen molar-refractivity contribution in [1.29, 1.82) is 0 Å². The number of carboxylic acid groups (broad SMARTS) is 1. The average molecular weight is 536 g/mol. The van der Waals surface area contributed by atoms with Crippen molar-refractivity contribution in [2.75, 3.05) is 12.0 Å². The highest BCUT2D eigenvalue weighted by atomic mass is 16.5. The molecule has 1 aliphatic heterocycles. The second-order valence-corrected chi connectivity index (χ2v) is 11.7. The lowest BCUT2D eigenvalue weighted by molar-refractivity contribution is -0.143. The lowest BCUT2D eigenvalue weighted by Gasteiger charge is -2.34. The number of carbonyl (C=O) groups excluding carboxylic acids is 1. The van der Waals surface area contributed by atoms with Crippen molar-refractivity contribution in [2.45, 2.75) is 90.3 Å². The average Bonchev–Trinajstić information content (AvgIpc) is 3.25. The first kappa shape index (κ1) is 26.9. The quantitative estimate of drug-likeness (QED) is 0.466. The maximum Gasteiger partial charge on any atom is 0.414 e. The van der Waals surface area contributed by atoms with Gasteiger partial charge in [0.1, 0.15) is 11.4 Å². The standard InChI is InChI=1S/C29H37N5O5/c1-17-9-10-21-22(33(17)28(37)38-5)11-12-23-26(21)32-24(34(23)20-8-6-7-18(13-20)27(35)36)14-19-15-30-16-25(31-19)39-29(2,3)4/h11-12,15-18,20H,6-10,13-14H2,1-5H3,(H,35,36)/t17-,18+,20+/m0/s1. The van der Waals surface area contributed by atoms with Crippen LogP contribution in [-0.2, 0) is 22.4 Å². The highest BCUT2D eigenvalue weighted by Crippen LogP contribution is 2.41. The molecule has 1 amide bonds. The van der Waals surface area contributed by atoms with Crippen LogP contribution in [0.5, 0.6) is 5.88 Å². The third kappa shape index (κ3) is 5.42. The molecule has 3 aromatic rings. The molecule has 0 unspecified atom stereocenters. The molecular formula is C29H37N5O5. The van der Waals surface area contributed by atoms with Crippen LogP contribution < -0.4 is 9.64 Å². The van der Waals surface area contributed by atoms with Crippen molar-refractivity contribution >= 4 is 28.8 Å². The van der Waals surface area contributed by atoms with E-state index < -0.39 is 11.6 Å². The Balaban J connectivity index is 1.62. The van der Waals surface area contributed by atoms with Gasteiger partial charge in [-0.3, -0.25) is 14.7 Å². The summed E-state index contributed by atoms with van der Waals surface area (Å²) in [5.74, 6) is 0.126. The summed E-state index contributed by atoms with van der Waals surface area (Å²) >= 11 is 0. The molecule has 0 radical (unpaired) electrons. The van der Waals surface area contributed by atoms with Gasteiger partial charge in [0, 0.05) is 23.8 Å². The van der Waals surface area contributed by atoms with E-state index in [1.165, 1.54) is 7.11 Å². The Morgan fingerprint density at radius 1 is 1.13 bits per heavy atom. The van der Waals surface area contributed by atoms with E-state index in [0.29, 0.717) is 25.1 Å². The predicted octanol–water partition coefficient (Wildman–Crippen LogP) is 5.32. The number of carbonyl (C=O) groups is 2. The first-order valence-electron chi connectivity index (χ1n) is 13.7. The third-order valence-electron chi connectivity index (χ3n) is 7.67. The van der Waals surface area contributed by atoms with Crippen LogP contribution in [0.2, 0.25) is 0 Å². The largest absolute Gasteiger partial charge is 0.481 e. The number of hydrogen-bond donors (Lipinski definition) is 1. The number of ether oxygens (including phenoxy) is 2. The van der Waals surface area contributed by atoms with Gasteiger partial charge in [-0.1, -0.05) is 6.42 Å². The minimum absolute atomic E-state index is 0.000841. The number of fused-ring (bicyclic) bond motifs is 3. The van der Waals surface area contributed by atoms with E-state index in [1.807, 2.05) is 39.8 Å². The molecule has 5 rings (SSSR count). The summed E-state index contributed by atoms with van der Waals surface area (Å²) in [5.41, 5.74) is 3.94. The zero-order chi connectivity index (χ0) is 27.9. The molecular weight excluding hydrogens is 498 g/mol. The van der Waals surface area contributed by atoms with E-state index in [2.05, 4.69) is 9.55 Å². The van der Waals surface area contributed by atoms with Crippen molar-refractivity contribution in [1.82, 2.24) is 19.5 Å². The number of aromatic nitrogens is 4. The van der Waals surface area contributed by atoms with Gasteiger partial charge in [0.15, 0.2) is 0 Å². The second kappa shape index (κ2) is 10.5. The van der Waals surface area contributed by atoms with Crippen LogP contribution in [0.4, 0.5) is 10.5 Å². The SMILES string of the molecule is COC(=O)N1c2ccc3c(nc(Cc4cncc(OC(C)(C)C)n4)n3[C@@H]3CCC[C@@H](C(=O)O)C3)c2CC[C@@H]1C. The Kier molecular flexibility index (Phi) is 7.22. The molecule has 3 atom stereocenters. The zero-order valence-electron chi connectivity index (χ0n) is 23.3. The molecule has 0 spiro atoms. The number of benzene rings is 1. The molecule has 10 heteroatoms. The fourth-order valence-corrected chi connectivity index (χ4v) is 5.97. The van der Waals surface area contributed by atoms with Crippen molar-refractivity contribution in [3.63, 3.8) is 0 Å². The lowest BCUT2D eigenvalue weighted by atomic mass is 9.85. The highest BCUT2D eigenvalue weighted by Gasteiger charge is 2.34. The predicted molar refractivity (Wildman–Crippen MR) is 146 cm³/mol. The topological polar surface area (TPSA) is 120 Å². The van der Waals surface area contributed by atoms with Crippen molar-refractivity contribution in [2.24, 2.45) is 5.92 Å². The van der Waals surface area contributed by atoms with E-state index in [-0.39, 0.29) is 24.1 Å². The molecule has 1 saturated carbocycles. The number of amides is 1. The molecule has 1 N–H and O–H groups in total. The molecule has 1 fully saturated rings. The summed E-state index contributed by atoms with van der Waals surface area (Å²) in [6, 6.07) is 3.99. The van der Waals surface area contributed by atoms with Crippen LogP contribution in [0.3, 0.4) is 0 Å². The van der Waals surface area contributed by atoms with Gasteiger partial charge in [-0.2, -0.15) is 0 Å². The van der Waals surface area contributed by atoms with Crippen molar-refractivity contribution < 1.29 is 24.2 Å². The van der Waals surface area contributed by atoms with Gasteiger partial charge >= 0.3 is 12.1 Å². The maximum atomic E-state index is 12.7. The van der Waals surface area contributed by atoms with Crippen LogP contribution in [0.15, 0.2) is 24.5 Å². The van der Waals surface area contributed by atoms with E-state index >= 15 is 0 Å². The minimum Gasteiger partial charge on any atom is -0.481 e. The summed E-state index contributed by atoms with van der Waals surface area (Å²) in [4.78, 5) is 40.5. The number of methoxy groups -OCH3 is 1. The number of carboxylic acids is 1. The zero-order valence-corrected chi connectivity index (χ0v) is 23.3. The molecule has 208 valence electrons. The first-order valence-corrected chi connectivity index (χ1v) is 13.7. The van der Waals surface area contributed by atoms with E-state index in [9.17, 15) is 14.7 Å². The fourth-order valence-electron chi connectivity index (χ4n) is 5.97. The Hall–Kier alpha value is -3.69. The maximum absolute atomic E-state index is 12.7. The Bertz CT molecular complexity index is 1390. The first-order chi connectivity index (χ1) is 18.6. The summed E-state index contributed by atoms with van der Waals surface area (Å²) < 4.78 is 13.2. The molecule has 1 aromatic carbocycles. The number of hydrogen-bond acceptors (Lipinski definition) is 7. The number of aliphatic carboxylic acids is 1. The Morgan fingerprint density at radius 3 is 2.64 bits per heavy atom. The van der Waals surface area contributed by atoms with Crippen LogP contribution in [0, 0.1) is 5.92 Å². The normalized spacial score (nSPS) is 21.5. The highest BCUT2D eigenvalue weighted by molar-refractivity contribution is 5.95. The van der Waals surface area contributed by atoms with E-state index in [1.54, 1.807) is 17.3 Å². The smallest absolute Gasteiger partial charge is 0.414 e. The van der Waals surface area contributed by atoms with Gasteiger partial charge in [-0.15, -0.1) is 0 Å². The Morgan fingerprint density at radius 2 is 1.92 bits per heavy atom. The van der Waals surface area contributed by atoms with Crippen LogP contribution >= 0.6 is 0 Å². The lowest BCUT2D eigenvalue weighted by Crippen LogP contribution is -2.42. The molecule has 10 nitrogen and oxygen atoms in total. The van der Waals surface area contributed by atoms with Gasteiger partial charge in [0.25, 0.3) is 0 Å².